The highest BCUT2D eigenvalue weighted by Gasteiger charge is 2.34. The third kappa shape index (κ3) is 7.40. The van der Waals surface area contributed by atoms with Crippen molar-refractivity contribution in [1.82, 2.24) is 19.8 Å². The second-order valence-electron chi connectivity index (χ2n) is 9.40. The molecule has 180 valence electrons. The van der Waals surface area contributed by atoms with Crippen LogP contribution in [0, 0.1) is 0 Å². The first-order valence-electron chi connectivity index (χ1n) is 11.8. The summed E-state index contributed by atoms with van der Waals surface area (Å²) in [6, 6.07) is 11.9. The zero-order chi connectivity index (χ0) is 23.8. The topological polar surface area (TPSA) is 99.5 Å². The quantitative estimate of drug-likeness (QED) is 0.475. The van der Waals surface area contributed by atoms with Gasteiger partial charge >= 0.3 is 0 Å². The van der Waals surface area contributed by atoms with Gasteiger partial charge in [0.05, 0.1) is 18.5 Å². The Morgan fingerprint density at radius 2 is 1.85 bits per heavy atom. The average molecular weight is 456 g/mol. The molecule has 8 nitrogen and oxygen atoms in total. The van der Waals surface area contributed by atoms with Gasteiger partial charge in [-0.05, 0) is 24.3 Å². The zero-order valence-corrected chi connectivity index (χ0v) is 20.0. The number of rotatable bonds is 10. The van der Waals surface area contributed by atoms with Crippen LogP contribution in [0.4, 0.5) is 5.82 Å². The van der Waals surface area contributed by atoms with E-state index in [9.17, 15) is 14.7 Å². The summed E-state index contributed by atoms with van der Waals surface area (Å²) in [5, 5.41) is 17.5. The standard InChI is InChI=1S/C25H37N5O3/c1-19(2)26-11-12-27-22-16-24(32)30(18-28-22)17-25(33)9-13-29(14-10-25)23(31)15-20(3)21-7-5-4-6-8-21/h4-8,16,18-20,26-27,33H,9-15,17H2,1-3H3/t20-/m1/s1. The molecule has 8 heteroatoms. The molecule has 3 N–H and O–H groups in total. The Balaban J connectivity index is 1.49. The van der Waals surface area contributed by atoms with E-state index < -0.39 is 5.60 Å². The fraction of sp³-hybridized carbons (Fsp3) is 0.560. The van der Waals surface area contributed by atoms with Gasteiger partial charge in [-0.15, -0.1) is 0 Å². The lowest BCUT2D eigenvalue weighted by molar-refractivity contribution is -0.136. The van der Waals surface area contributed by atoms with E-state index in [2.05, 4.69) is 36.4 Å². The van der Waals surface area contributed by atoms with E-state index in [4.69, 9.17) is 0 Å². The van der Waals surface area contributed by atoms with Crippen LogP contribution in [0.1, 0.15) is 51.5 Å². The molecular formula is C25H37N5O3. The van der Waals surface area contributed by atoms with Crippen LogP contribution >= 0.6 is 0 Å². The minimum atomic E-state index is -1.02. The molecule has 1 atom stereocenters. The van der Waals surface area contributed by atoms with Crippen molar-refractivity contribution in [2.75, 3.05) is 31.5 Å². The van der Waals surface area contributed by atoms with Crippen LogP contribution in [0.5, 0.6) is 0 Å². The van der Waals surface area contributed by atoms with Crippen molar-refractivity contribution in [3.8, 4) is 0 Å². The van der Waals surface area contributed by atoms with E-state index in [0.29, 0.717) is 50.8 Å². The maximum absolute atomic E-state index is 12.8. The molecule has 2 heterocycles. The second kappa shape index (κ2) is 11.4. The van der Waals surface area contributed by atoms with E-state index >= 15 is 0 Å². The molecule has 0 bridgehead atoms. The van der Waals surface area contributed by atoms with E-state index in [1.54, 1.807) is 0 Å². The summed E-state index contributed by atoms with van der Waals surface area (Å²) >= 11 is 0. The van der Waals surface area contributed by atoms with Crippen molar-refractivity contribution in [2.24, 2.45) is 0 Å². The second-order valence-corrected chi connectivity index (χ2v) is 9.40. The number of carbonyl (C=O) groups is 1. The molecule has 1 aromatic carbocycles. The Morgan fingerprint density at radius 3 is 2.48 bits per heavy atom. The molecule has 0 spiro atoms. The van der Waals surface area contributed by atoms with Gasteiger partial charge < -0.3 is 20.6 Å². The van der Waals surface area contributed by atoms with E-state index in [1.807, 2.05) is 35.2 Å². The lowest BCUT2D eigenvalue weighted by Crippen LogP contribution is -2.49. The maximum atomic E-state index is 12.8. The number of amides is 1. The summed E-state index contributed by atoms with van der Waals surface area (Å²) in [7, 11) is 0. The summed E-state index contributed by atoms with van der Waals surface area (Å²) < 4.78 is 1.45. The molecule has 2 aromatic rings. The van der Waals surface area contributed by atoms with Gasteiger partial charge in [0.15, 0.2) is 0 Å². The van der Waals surface area contributed by atoms with Gasteiger partial charge in [-0.25, -0.2) is 4.98 Å². The first kappa shape index (κ1) is 24.9. The highest BCUT2D eigenvalue weighted by Crippen LogP contribution is 2.26. The van der Waals surface area contributed by atoms with Gasteiger partial charge in [0.25, 0.3) is 5.56 Å². The molecule has 0 unspecified atom stereocenters. The molecule has 1 saturated heterocycles. The average Bonchev–Trinajstić information content (AvgIpc) is 2.79. The smallest absolute Gasteiger partial charge is 0.255 e. The fourth-order valence-corrected chi connectivity index (χ4v) is 4.13. The first-order valence-corrected chi connectivity index (χ1v) is 11.8. The maximum Gasteiger partial charge on any atom is 0.255 e. The van der Waals surface area contributed by atoms with Gasteiger partial charge in [0.2, 0.25) is 5.91 Å². The van der Waals surface area contributed by atoms with Crippen molar-refractivity contribution in [3.05, 3.63) is 58.6 Å². The number of anilines is 1. The third-order valence-corrected chi connectivity index (χ3v) is 6.22. The summed E-state index contributed by atoms with van der Waals surface area (Å²) in [5.74, 6) is 0.786. The van der Waals surface area contributed by atoms with Crippen LogP contribution < -0.4 is 16.2 Å². The van der Waals surface area contributed by atoms with Crippen molar-refractivity contribution in [1.29, 1.82) is 0 Å². The van der Waals surface area contributed by atoms with E-state index in [0.717, 1.165) is 12.1 Å². The van der Waals surface area contributed by atoms with E-state index in [-0.39, 0.29) is 23.9 Å². The number of hydrogen-bond donors (Lipinski definition) is 3. The molecule has 33 heavy (non-hydrogen) atoms. The molecule has 1 aliphatic rings. The van der Waals surface area contributed by atoms with Crippen LogP contribution in [0.25, 0.3) is 0 Å². The van der Waals surface area contributed by atoms with E-state index in [1.165, 1.54) is 17.0 Å². The Kier molecular flexibility index (Phi) is 8.63. The Bertz CT molecular complexity index is 952. The molecule has 1 amide bonds. The van der Waals surface area contributed by atoms with Crippen molar-refractivity contribution in [3.63, 3.8) is 0 Å². The fourth-order valence-electron chi connectivity index (χ4n) is 4.13. The molecule has 0 aliphatic carbocycles. The number of piperidine rings is 1. The summed E-state index contributed by atoms with van der Waals surface area (Å²) in [6.07, 6.45) is 2.81. The van der Waals surface area contributed by atoms with Crippen LogP contribution in [0.15, 0.2) is 47.5 Å². The molecule has 1 fully saturated rings. The van der Waals surface area contributed by atoms with Crippen LogP contribution in [0.2, 0.25) is 0 Å². The van der Waals surface area contributed by atoms with Gasteiger partial charge in [-0.3, -0.25) is 14.2 Å². The Morgan fingerprint density at radius 1 is 1.15 bits per heavy atom. The molecule has 1 aromatic heterocycles. The predicted octanol–water partition coefficient (Wildman–Crippen LogP) is 2.20. The van der Waals surface area contributed by atoms with Crippen LogP contribution in [0.3, 0.4) is 0 Å². The molecule has 0 radical (unpaired) electrons. The van der Waals surface area contributed by atoms with Crippen molar-refractivity contribution >= 4 is 11.7 Å². The van der Waals surface area contributed by atoms with Crippen molar-refractivity contribution in [2.45, 2.75) is 64.1 Å². The normalized spacial score (nSPS) is 16.6. The van der Waals surface area contributed by atoms with Gasteiger partial charge in [-0.1, -0.05) is 51.1 Å². The van der Waals surface area contributed by atoms with Gasteiger partial charge in [0.1, 0.15) is 5.82 Å². The van der Waals surface area contributed by atoms with Crippen molar-refractivity contribution < 1.29 is 9.90 Å². The number of nitrogens with one attached hydrogen (secondary N) is 2. The zero-order valence-electron chi connectivity index (χ0n) is 20.0. The summed E-state index contributed by atoms with van der Waals surface area (Å²) in [4.78, 5) is 31.4. The molecule has 1 aliphatic heterocycles. The highest BCUT2D eigenvalue weighted by atomic mass is 16.3. The SMILES string of the molecule is CC(C)NCCNc1cc(=O)n(CC2(O)CCN(C(=O)C[C@@H](C)c3ccccc3)CC2)cn1. The number of likely N-dealkylation sites (tertiary alicyclic amines) is 1. The number of benzene rings is 1. The van der Waals surface area contributed by atoms with Crippen LogP contribution in [-0.2, 0) is 11.3 Å². The van der Waals surface area contributed by atoms with Gasteiger partial charge in [0, 0.05) is 44.7 Å². The molecule has 0 saturated carbocycles. The number of aromatic nitrogens is 2. The summed E-state index contributed by atoms with van der Waals surface area (Å²) in [5.41, 5.74) is -0.0722. The Hall–Kier alpha value is -2.71. The third-order valence-electron chi connectivity index (χ3n) is 6.22. The lowest BCUT2D eigenvalue weighted by Gasteiger charge is -2.38. The largest absolute Gasteiger partial charge is 0.388 e. The van der Waals surface area contributed by atoms with Crippen LogP contribution in [-0.4, -0.2) is 63.3 Å². The van der Waals surface area contributed by atoms with Gasteiger partial charge in [-0.2, -0.15) is 0 Å². The lowest BCUT2D eigenvalue weighted by atomic mass is 9.90. The number of nitrogens with zero attached hydrogens (tertiary/aromatic N) is 3. The molecule has 3 rings (SSSR count). The summed E-state index contributed by atoms with van der Waals surface area (Å²) in [6.45, 7) is 8.82. The number of aliphatic hydroxyl groups is 1. The molecular weight excluding hydrogens is 418 g/mol. The number of hydrogen-bond acceptors (Lipinski definition) is 6. The Labute approximate surface area is 196 Å². The predicted molar refractivity (Wildman–Crippen MR) is 130 cm³/mol. The number of carbonyl (C=O) groups excluding carboxylic acids is 1. The minimum absolute atomic E-state index is 0.106. The monoisotopic (exact) mass is 455 g/mol. The minimum Gasteiger partial charge on any atom is -0.388 e. The highest BCUT2D eigenvalue weighted by molar-refractivity contribution is 5.77. The first-order chi connectivity index (χ1) is 15.8.